The van der Waals surface area contributed by atoms with E-state index in [1.165, 1.54) is 29.4 Å². The molecule has 1 fully saturated rings. The Kier molecular flexibility index (Phi) is 8.57. The van der Waals surface area contributed by atoms with Gasteiger partial charge in [0, 0.05) is 33.5 Å². The Morgan fingerprint density at radius 1 is 1.24 bits per heavy atom. The van der Waals surface area contributed by atoms with Crippen LogP contribution < -0.4 is 0 Å². The largest absolute Gasteiger partial charge is 0.234 e. The van der Waals surface area contributed by atoms with Crippen molar-refractivity contribution in [3.05, 3.63) is 0 Å². The Morgan fingerprint density at radius 2 is 1.94 bits per heavy atom. The van der Waals surface area contributed by atoms with Crippen LogP contribution in [0.4, 0.5) is 0 Å². The summed E-state index contributed by atoms with van der Waals surface area (Å²) in [4.78, 5) is 27.3. The maximum Gasteiger partial charge on any atom is 0.234 e. The fourth-order valence-electron chi connectivity index (χ4n) is 1.32. The van der Waals surface area contributed by atoms with Crippen LogP contribution >= 0.6 is 35.3 Å². The van der Waals surface area contributed by atoms with E-state index in [4.69, 9.17) is 0 Å². The molecule has 0 aromatic heterocycles. The minimum absolute atomic E-state index is 0.0884. The van der Waals surface area contributed by atoms with E-state index in [-0.39, 0.29) is 5.25 Å². The third-order valence-electron chi connectivity index (χ3n) is 2.12. The Hall–Kier alpha value is -0.190. The van der Waals surface area contributed by atoms with Crippen LogP contribution in [0, 0.1) is 0 Å². The van der Waals surface area contributed by atoms with Gasteiger partial charge in [-0.05, 0) is 0 Å². The lowest BCUT2D eigenvalue weighted by Gasteiger charge is -2.22. The van der Waals surface area contributed by atoms with Gasteiger partial charge in [0.15, 0.2) is 0 Å². The molecule has 0 saturated carbocycles. The minimum atomic E-state index is 0.0884. The number of isocyanates is 2. The number of rotatable bonds is 7. The van der Waals surface area contributed by atoms with Crippen LogP contribution in [0.5, 0.6) is 0 Å². The van der Waals surface area contributed by atoms with Gasteiger partial charge < -0.3 is 0 Å². The van der Waals surface area contributed by atoms with E-state index in [2.05, 4.69) is 9.98 Å². The summed E-state index contributed by atoms with van der Waals surface area (Å²) in [6.07, 6.45) is 3.05. The molecule has 1 unspecified atom stereocenters. The molecule has 0 aromatic rings. The molecule has 0 aliphatic carbocycles. The average Bonchev–Trinajstić information content (AvgIpc) is 2.39. The second-order valence-electron chi connectivity index (χ2n) is 3.39. The van der Waals surface area contributed by atoms with Crippen LogP contribution in [0.2, 0.25) is 0 Å². The third kappa shape index (κ3) is 6.96. The second kappa shape index (κ2) is 9.80. The molecule has 1 heterocycles. The predicted octanol–water partition coefficient (Wildman–Crippen LogP) is 1.61. The lowest BCUT2D eigenvalue weighted by molar-refractivity contribution is 0.561. The summed E-state index contributed by atoms with van der Waals surface area (Å²) in [7, 11) is 0. The number of carbonyl (C=O) groups excluding carboxylic acids is 2. The van der Waals surface area contributed by atoms with E-state index in [1.54, 1.807) is 11.8 Å². The van der Waals surface area contributed by atoms with Crippen LogP contribution in [0.3, 0.4) is 0 Å². The van der Waals surface area contributed by atoms with Crippen molar-refractivity contribution in [3.8, 4) is 0 Å². The van der Waals surface area contributed by atoms with Crippen LogP contribution in [0.15, 0.2) is 9.98 Å². The molecule has 0 radical (unpaired) electrons. The van der Waals surface area contributed by atoms with Gasteiger partial charge in [-0.1, -0.05) is 0 Å². The molecule has 1 rings (SSSR count). The van der Waals surface area contributed by atoms with E-state index in [9.17, 15) is 9.59 Å². The van der Waals surface area contributed by atoms with E-state index >= 15 is 0 Å². The van der Waals surface area contributed by atoms with Gasteiger partial charge in [0.25, 0.3) is 0 Å². The number of nitrogens with zero attached hydrogens (tertiary/aromatic N) is 2. The molecule has 0 amide bonds. The van der Waals surface area contributed by atoms with Gasteiger partial charge in [0.05, 0.1) is 13.1 Å². The van der Waals surface area contributed by atoms with Crippen molar-refractivity contribution < 1.29 is 9.59 Å². The minimum Gasteiger partial charge on any atom is -0.211 e. The first-order chi connectivity index (χ1) is 8.36. The Morgan fingerprint density at radius 3 is 2.47 bits per heavy atom. The van der Waals surface area contributed by atoms with Gasteiger partial charge in [-0.3, -0.25) is 0 Å². The fraction of sp³-hybridized carbons (Fsp3) is 0.800. The summed E-state index contributed by atoms with van der Waals surface area (Å²) in [5, 5.41) is 0.743. The van der Waals surface area contributed by atoms with Crippen molar-refractivity contribution in [2.45, 2.75) is 10.5 Å². The fourth-order valence-corrected chi connectivity index (χ4v) is 5.46. The van der Waals surface area contributed by atoms with Crippen LogP contribution in [0.1, 0.15) is 0 Å². The molecular formula is C10H14N2O2S3. The van der Waals surface area contributed by atoms with Gasteiger partial charge in [-0.25, -0.2) is 19.6 Å². The highest BCUT2D eigenvalue weighted by Gasteiger charge is 2.17. The van der Waals surface area contributed by atoms with Crippen molar-refractivity contribution in [1.82, 2.24) is 0 Å². The molecule has 1 aliphatic rings. The number of hydrogen-bond acceptors (Lipinski definition) is 7. The Balaban J connectivity index is 2.30. The molecule has 1 atom stereocenters. The van der Waals surface area contributed by atoms with Crippen LogP contribution in [0.25, 0.3) is 0 Å². The molecule has 0 N–H and O–H groups in total. The summed E-state index contributed by atoms with van der Waals surface area (Å²) in [6, 6.07) is 0. The molecule has 7 heteroatoms. The highest BCUT2D eigenvalue weighted by molar-refractivity contribution is 8.08. The van der Waals surface area contributed by atoms with E-state index in [1.807, 2.05) is 23.5 Å². The summed E-state index contributed by atoms with van der Waals surface area (Å²) in [6.45, 7) is 0.758. The Bertz CT molecular complexity index is 289. The van der Waals surface area contributed by atoms with Crippen molar-refractivity contribution in [2.24, 2.45) is 9.98 Å². The lowest BCUT2D eigenvalue weighted by atomic mass is 10.4. The number of aliphatic imine (C=N–C) groups is 2. The highest BCUT2D eigenvalue weighted by Crippen LogP contribution is 2.28. The molecule has 0 bridgehead atoms. The molecule has 0 spiro atoms. The molecule has 17 heavy (non-hydrogen) atoms. The van der Waals surface area contributed by atoms with Crippen molar-refractivity contribution in [3.63, 3.8) is 0 Å². The zero-order valence-corrected chi connectivity index (χ0v) is 11.8. The zero-order chi connectivity index (χ0) is 12.3. The molecule has 4 nitrogen and oxygen atoms in total. The molecular weight excluding hydrogens is 276 g/mol. The maximum absolute atomic E-state index is 10.1. The first-order valence-electron chi connectivity index (χ1n) is 5.25. The van der Waals surface area contributed by atoms with Crippen molar-refractivity contribution in [2.75, 3.05) is 36.1 Å². The molecule has 0 aromatic carbocycles. The maximum atomic E-state index is 10.1. The van der Waals surface area contributed by atoms with E-state index < -0.39 is 0 Å². The van der Waals surface area contributed by atoms with Crippen LogP contribution in [-0.4, -0.2) is 58.8 Å². The predicted molar refractivity (Wildman–Crippen MR) is 75.8 cm³/mol. The monoisotopic (exact) mass is 290 g/mol. The summed E-state index contributed by atoms with van der Waals surface area (Å²) in [5.41, 5.74) is 0. The molecule has 1 aliphatic heterocycles. The molecule has 94 valence electrons. The number of thioether (sulfide) groups is 3. The second-order valence-corrected chi connectivity index (χ2v) is 7.28. The van der Waals surface area contributed by atoms with Gasteiger partial charge >= 0.3 is 0 Å². The van der Waals surface area contributed by atoms with Crippen molar-refractivity contribution in [1.29, 1.82) is 0 Å². The summed E-state index contributed by atoms with van der Waals surface area (Å²) < 4.78 is 0. The third-order valence-corrected chi connectivity index (χ3v) is 6.54. The topological polar surface area (TPSA) is 58.9 Å². The zero-order valence-electron chi connectivity index (χ0n) is 9.33. The summed E-state index contributed by atoms with van der Waals surface area (Å²) in [5.74, 6) is 4.64. The highest BCUT2D eigenvalue weighted by atomic mass is 32.2. The van der Waals surface area contributed by atoms with E-state index in [0.717, 1.165) is 5.75 Å². The standard InChI is InChI=1S/C10H14N2O2S3/c13-7-11-3-9(4-12-8-14)17-6-10-5-15-1-2-16-10/h9-10H,1-6H2. The van der Waals surface area contributed by atoms with E-state index in [0.29, 0.717) is 18.3 Å². The number of hydrogen-bond donors (Lipinski definition) is 0. The van der Waals surface area contributed by atoms with Gasteiger partial charge in [-0.15, -0.1) is 0 Å². The SMILES string of the molecule is O=C=NCC(CN=C=O)SCC1CSCCS1. The van der Waals surface area contributed by atoms with Crippen molar-refractivity contribution >= 4 is 47.4 Å². The normalized spacial score (nSPS) is 21.1. The van der Waals surface area contributed by atoms with Gasteiger partial charge in [0.1, 0.15) is 0 Å². The van der Waals surface area contributed by atoms with Gasteiger partial charge in [-0.2, -0.15) is 35.3 Å². The average molecular weight is 290 g/mol. The van der Waals surface area contributed by atoms with Gasteiger partial charge in [0.2, 0.25) is 12.2 Å². The first kappa shape index (κ1) is 14.9. The lowest BCUT2D eigenvalue weighted by Crippen LogP contribution is -2.20. The van der Waals surface area contributed by atoms with Crippen LogP contribution in [-0.2, 0) is 9.59 Å². The molecule has 1 saturated heterocycles. The smallest absolute Gasteiger partial charge is 0.211 e. The quantitative estimate of drug-likeness (QED) is 0.526. The Labute approximate surface area is 114 Å². The summed E-state index contributed by atoms with van der Waals surface area (Å²) >= 11 is 5.71. The first-order valence-corrected chi connectivity index (χ1v) is 8.50.